The molecule has 0 unspecified atom stereocenters. The summed E-state index contributed by atoms with van der Waals surface area (Å²) >= 11 is 0. The van der Waals surface area contributed by atoms with Gasteiger partial charge >= 0.3 is 0 Å². The van der Waals surface area contributed by atoms with Gasteiger partial charge in [0.2, 0.25) is 5.91 Å². The number of aliphatic imine (C=N–C) groups is 1. The van der Waals surface area contributed by atoms with E-state index in [1.807, 2.05) is 32.0 Å². The van der Waals surface area contributed by atoms with Crippen LogP contribution in [-0.2, 0) is 11.3 Å². The van der Waals surface area contributed by atoms with Crippen LogP contribution in [0, 0.1) is 0 Å². The minimum Gasteiger partial charge on any atom is -0.357 e. The van der Waals surface area contributed by atoms with Crippen molar-refractivity contribution in [2.24, 2.45) is 4.99 Å². The molecule has 0 radical (unpaired) electrons. The monoisotopic (exact) mass is 391 g/mol. The number of aromatic nitrogens is 1. The van der Waals surface area contributed by atoms with Crippen LogP contribution in [-0.4, -0.2) is 36.5 Å². The first kappa shape index (κ1) is 18.6. The Kier molecular flexibility index (Phi) is 10.7. The zero-order chi connectivity index (χ0) is 13.9. The van der Waals surface area contributed by atoms with Gasteiger partial charge in [0.15, 0.2) is 5.96 Å². The number of nitrogens with one attached hydrogen (secondary N) is 3. The first-order valence-corrected chi connectivity index (χ1v) is 6.45. The van der Waals surface area contributed by atoms with Crippen LogP contribution in [0.15, 0.2) is 29.4 Å². The molecule has 0 aliphatic rings. The zero-order valence-electron chi connectivity index (χ0n) is 11.8. The zero-order valence-corrected chi connectivity index (χ0v) is 14.2. The van der Waals surface area contributed by atoms with Crippen LogP contribution in [0.5, 0.6) is 0 Å². The third-order valence-electron chi connectivity index (χ3n) is 2.26. The molecule has 0 atom stereocenters. The van der Waals surface area contributed by atoms with Crippen LogP contribution in [0.1, 0.15) is 19.5 Å². The average molecular weight is 391 g/mol. The van der Waals surface area contributed by atoms with Gasteiger partial charge in [-0.15, -0.1) is 24.0 Å². The van der Waals surface area contributed by atoms with E-state index >= 15 is 0 Å². The fourth-order valence-electron chi connectivity index (χ4n) is 1.42. The molecular formula is C13H22IN5O. The number of halogens is 1. The summed E-state index contributed by atoms with van der Waals surface area (Å²) in [7, 11) is 0. The number of guanidine groups is 1. The van der Waals surface area contributed by atoms with Gasteiger partial charge in [-0.2, -0.15) is 0 Å². The second-order valence-corrected chi connectivity index (χ2v) is 3.82. The molecule has 1 amide bonds. The number of carbonyl (C=O) groups excluding carboxylic acids is 1. The molecule has 1 aromatic heterocycles. The molecule has 0 saturated heterocycles. The maximum absolute atomic E-state index is 11.4. The molecule has 1 rings (SSSR count). The van der Waals surface area contributed by atoms with E-state index in [2.05, 4.69) is 25.9 Å². The Labute approximate surface area is 136 Å². The van der Waals surface area contributed by atoms with E-state index in [-0.39, 0.29) is 36.4 Å². The van der Waals surface area contributed by atoms with E-state index in [1.165, 1.54) is 0 Å². The molecule has 7 heteroatoms. The quantitative estimate of drug-likeness (QED) is 0.383. The average Bonchev–Trinajstić information content (AvgIpc) is 2.43. The summed E-state index contributed by atoms with van der Waals surface area (Å²) in [6, 6.07) is 5.70. The van der Waals surface area contributed by atoms with Crippen molar-refractivity contribution in [3.05, 3.63) is 30.1 Å². The molecule has 20 heavy (non-hydrogen) atoms. The molecular weight excluding hydrogens is 369 g/mol. The van der Waals surface area contributed by atoms with Gasteiger partial charge in [0.25, 0.3) is 0 Å². The third-order valence-corrected chi connectivity index (χ3v) is 2.26. The van der Waals surface area contributed by atoms with Crippen LogP contribution in [0.2, 0.25) is 0 Å². The number of rotatable bonds is 6. The summed E-state index contributed by atoms with van der Waals surface area (Å²) in [4.78, 5) is 19.9. The summed E-state index contributed by atoms with van der Waals surface area (Å²) in [6.45, 7) is 5.92. The SMILES string of the molecule is CCNC(=O)CNC(=NCc1ccccn1)NCC.I. The van der Waals surface area contributed by atoms with Gasteiger partial charge in [0.05, 0.1) is 18.8 Å². The highest BCUT2D eigenvalue weighted by atomic mass is 127. The normalized spacial score (nSPS) is 10.4. The Morgan fingerprint density at radius 1 is 1.20 bits per heavy atom. The van der Waals surface area contributed by atoms with Crippen LogP contribution in [0.3, 0.4) is 0 Å². The van der Waals surface area contributed by atoms with Gasteiger partial charge < -0.3 is 16.0 Å². The van der Waals surface area contributed by atoms with Crippen molar-refractivity contribution in [3.63, 3.8) is 0 Å². The Morgan fingerprint density at radius 2 is 1.95 bits per heavy atom. The molecule has 0 bridgehead atoms. The molecule has 1 heterocycles. The highest BCUT2D eigenvalue weighted by Gasteiger charge is 2.02. The molecule has 0 saturated carbocycles. The highest BCUT2D eigenvalue weighted by molar-refractivity contribution is 14.0. The van der Waals surface area contributed by atoms with Crippen molar-refractivity contribution in [2.45, 2.75) is 20.4 Å². The molecule has 3 N–H and O–H groups in total. The third kappa shape index (κ3) is 7.93. The standard InChI is InChI=1S/C13H21N5O.HI/c1-3-14-12(19)10-18-13(15-4-2)17-9-11-7-5-6-8-16-11;/h5-8H,3-4,9-10H2,1-2H3,(H,14,19)(H2,15,17,18);1H. The number of hydrogen-bond donors (Lipinski definition) is 3. The molecule has 0 aromatic carbocycles. The Bertz CT molecular complexity index is 410. The molecule has 0 spiro atoms. The minimum atomic E-state index is -0.0501. The number of pyridine rings is 1. The summed E-state index contributed by atoms with van der Waals surface area (Å²) in [5.41, 5.74) is 0.887. The number of hydrogen-bond acceptors (Lipinski definition) is 3. The van der Waals surface area contributed by atoms with Crippen molar-refractivity contribution < 1.29 is 4.79 Å². The molecule has 0 aliphatic carbocycles. The fourth-order valence-corrected chi connectivity index (χ4v) is 1.42. The molecule has 112 valence electrons. The van der Waals surface area contributed by atoms with Gasteiger partial charge in [-0.05, 0) is 26.0 Å². The Hall–Kier alpha value is -1.38. The van der Waals surface area contributed by atoms with E-state index < -0.39 is 0 Å². The van der Waals surface area contributed by atoms with Crippen molar-refractivity contribution in [1.82, 2.24) is 20.9 Å². The van der Waals surface area contributed by atoms with E-state index in [1.54, 1.807) is 6.20 Å². The predicted octanol–water partition coefficient (Wildman–Crippen LogP) is 0.891. The fraction of sp³-hybridized carbons (Fsp3) is 0.462. The van der Waals surface area contributed by atoms with E-state index in [0.717, 1.165) is 12.2 Å². The lowest BCUT2D eigenvalue weighted by Crippen LogP contribution is -2.43. The number of likely N-dealkylation sites (N-methyl/N-ethyl adjacent to an activating group) is 1. The van der Waals surface area contributed by atoms with Gasteiger partial charge in [-0.3, -0.25) is 9.78 Å². The lowest BCUT2D eigenvalue weighted by Gasteiger charge is -2.10. The molecule has 1 aromatic rings. The van der Waals surface area contributed by atoms with E-state index in [0.29, 0.717) is 19.0 Å². The van der Waals surface area contributed by atoms with Crippen molar-refractivity contribution in [3.8, 4) is 0 Å². The van der Waals surface area contributed by atoms with E-state index in [9.17, 15) is 4.79 Å². The lowest BCUT2D eigenvalue weighted by atomic mass is 10.3. The summed E-state index contributed by atoms with van der Waals surface area (Å²) in [6.07, 6.45) is 1.74. The molecule has 0 fully saturated rings. The predicted molar refractivity (Wildman–Crippen MR) is 91.2 cm³/mol. The van der Waals surface area contributed by atoms with Crippen LogP contribution in [0.25, 0.3) is 0 Å². The molecule has 0 aliphatic heterocycles. The van der Waals surface area contributed by atoms with Crippen molar-refractivity contribution >= 4 is 35.8 Å². The topological polar surface area (TPSA) is 78.4 Å². The summed E-state index contributed by atoms with van der Waals surface area (Å²) < 4.78 is 0. The lowest BCUT2D eigenvalue weighted by molar-refractivity contribution is -0.119. The van der Waals surface area contributed by atoms with Crippen LogP contribution >= 0.6 is 24.0 Å². The van der Waals surface area contributed by atoms with Gasteiger partial charge in [0.1, 0.15) is 0 Å². The number of carbonyl (C=O) groups is 1. The maximum atomic E-state index is 11.4. The van der Waals surface area contributed by atoms with Crippen molar-refractivity contribution in [1.29, 1.82) is 0 Å². The first-order valence-electron chi connectivity index (χ1n) is 6.45. The van der Waals surface area contributed by atoms with Crippen molar-refractivity contribution in [2.75, 3.05) is 19.6 Å². The van der Waals surface area contributed by atoms with E-state index in [4.69, 9.17) is 0 Å². The second-order valence-electron chi connectivity index (χ2n) is 3.82. The minimum absolute atomic E-state index is 0. The Balaban J connectivity index is 0.00000361. The number of amides is 1. The summed E-state index contributed by atoms with van der Waals surface area (Å²) in [5.74, 6) is 0.561. The van der Waals surface area contributed by atoms with Crippen LogP contribution in [0.4, 0.5) is 0 Å². The van der Waals surface area contributed by atoms with Gasteiger partial charge in [-0.25, -0.2) is 4.99 Å². The number of nitrogens with zero attached hydrogens (tertiary/aromatic N) is 2. The highest BCUT2D eigenvalue weighted by Crippen LogP contribution is 1.94. The van der Waals surface area contributed by atoms with Gasteiger partial charge in [0, 0.05) is 19.3 Å². The largest absolute Gasteiger partial charge is 0.357 e. The second kappa shape index (κ2) is 11.4. The van der Waals surface area contributed by atoms with Crippen LogP contribution < -0.4 is 16.0 Å². The smallest absolute Gasteiger partial charge is 0.239 e. The summed E-state index contributed by atoms with van der Waals surface area (Å²) in [5, 5.41) is 8.78. The molecule has 6 nitrogen and oxygen atoms in total. The Morgan fingerprint density at radius 3 is 2.55 bits per heavy atom. The first-order chi connectivity index (χ1) is 9.26. The van der Waals surface area contributed by atoms with Gasteiger partial charge in [-0.1, -0.05) is 6.07 Å². The maximum Gasteiger partial charge on any atom is 0.239 e.